The number of fused-ring (bicyclic) bond motifs is 1. The number of benzene rings is 2. The van der Waals surface area contributed by atoms with E-state index in [0.29, 0.717) is 16.2 Å². The van der Waals surface area contributed by atoms with Crippen LogP contribution in [0.1, 0.15) is 13.8 Å². The van der Waals surface area contributed by atoms with Crippen molar-refractivity contribution in [1.82, 2.24) is 4.98 Å². The SMILES string of the molecule is CCN(CC)c1ccc2cc(-c3nc(-c4ccccc4)cs3)c(=O)oc2c1. The predicted molar refractivity (Wildman–Crippen MR) is 113 cm³/mol. The van der Waals surface area contributed by atoms with Crippen molar-refractivity contribution >= 4 is 28.0 Å². The molecule has 0 atom stereocenters. The molecular weight excluding hydrogens is 356 g/mol. The molecule has 2 heterocycles. The van der Waals surface area contributed by atoms with E-state index < -0.39 is 0 Å². The van der Waals surface area contributed by atoms with Crippen molar-refractivity contribution in [2.75, 3.05) is 18.0 Å². The lowest BCUT2D eigenvalue weighted by molar-refractivity contribution is 0.563. The predicted octanol–water partition coefficient (Wildman–Crippen LogP) is 5.43. The van der Waals surface area contributed by atoms with Crippen LogP contribution in [0.2, 0.25) is 0 Å². The van der Waals surface area contributed by atoms with E-state index in [-0.39, 0.29) is 5.63 Å². The van der Waals surface area contributed by atoms with Crippen LogP contribution in [0.25, 0.3) is 32.8 Å². The first-order chi connectivity index (χ1) is 13.2. The summed E-state index contributed by atoms with van der Waals surface area (Å²) in [7, 11) is 0. The van der Waals surface area contributed by atoms with Crippen LogP contribution in [-0.2, 0) is 0 Å². The first kappa shape index (κ1) is 17.5. The smallest absolute Gasteiger partial charge is 0.346 e. The molecule has 0 aliphatic rings. The summed E-state index contributed by atoms with van der Waals surface area (Å²) in [6.07, 6.45) is 0. The van der Waals surface area contributed by atoms with Crippen molar-refractivity contribution in [1.29, 1.82) is 0 Å². The number of anilines is 1. The van der Waals surface area contributed by atoms with Crippen LogP contribution in [0.4, 0.5) is 5.69 Å². The van der Waals surface area contributed by atoms with Crippen molar-refractivity contribution in [3.8, 4) is 21.8 Å². The van der Waals surface area contributed by atoms with Crippen LogP contribution >= 0.6 is 11.3 Å². The zero-order valence-corrected chi connectivity index (χ0v) is 16.1. The van der Waals surface area contributed by atoms with Gasteiger partial charge in [-0.05, 0) is 32.0 Å². The molecule has 0 spiro atoms. The van der Waals surface area contributed by atoms with Gasteiger partial charge in [0.15, 0.2) is 0 Å². The minimum Gasteiger partial charge on any atom is -0.422 e. The molecule has 2 aromatic heterocycles. The van der Waals surface area contributed by atoms with Crippen LogP contribution < -0.4 is 10.5 Å². The Bertz CT molecular complexity index is 1130. The fourth-order valence-electron chi connectivity index (χ4n) is 3.17. The first-order valence-corrected chi connectivity index (χ1v) is 9.91. The molecule has 136 valence electrons. The lowest BCUT2D eigenvalue weighted by Gasteiger charge is -2.20. The Morgan fingerprint density at radius 2 is 1.81 bits per heavy atom. The van der Waals surface area contributed by atoms with Crippen LogP contribution in [0.5, 0.6) is 0 Å². The van der Waals surface area contributed by atoms with Gasteiger partial charge in [0.25, 0.3) is 0 Å². The highest BCUT2D eigenvalue weighted by Crippen LogP contribution is 2.29. The Morgan fingerprint density at radius 1 is 1.04 bits per heavy atom. The van der Waals surface area contributed by atoms with Crippen molar-refractivity contribution < 1.29 is 4.42 Å². The molecule has 0 radical (unpaired) electrons. The molecule has 4 rings (SSSR count). The lowest BCUT2D eigenvalue weighted by Crippen LogP contribution is -2.21. The summed E-state index contributed by atoms with van der Waals surface area (Å²) in [5.74, 6) is 0. The topological polar surface area (TPSA) is 46.3 Å². The zero-order chi connectivity index (χ0) is 18.8. The maximum absolute atomic E-state index is 12.6. The van der Waals surface area contributed by atoms with Crippen LogP contribution in [0.15, 0.2) is 69.2 Å². The molecule has 0 aliphatic heterocycles. The third-order valence-corrected chi connectivity index (χ3v) is 5.53. The van der Waals surface area contributed by atoms with Gasteiger partial charge < -0.3 is 9.32 Å². The van der Waals surface area contributed by atoms with Gasteiger partial charge in [-0.25, -0.2) is 9.78 Å². The monoisotopic (exact) mass is 376 g/mol. The van der Waals surface area contributed by atoms with E-state index in [2.05, 4.69) is 29.8 Å². The quantitative estimate of drug-likeness (QED) is 0.436. The minimum absolute atomic E-state index is 0.354. The highest BCUT2D eigenvalue weighted by Gasteiger charge is 2.13. The molecule has 0 aliphatic carbocycles. The van der Waals surface area contributed by atoms with Crippen molar-refractivity contribution in [2.45, 2.75) is 13.8 Å². The van der Waals surface area contributed by atoms with Crippen LogP contribution in [-0.4, -0.2) is 18.1 Å². The molecule has 5 heteroatoms. The summed E-state index contributed by atoms with van der Waals surface area (Å²) in [6, 6.07) is 17.8. The molecule has 4 aromatic rings. The molecule has 0 fully saturated rings. The van der Waals surface area contributed by atoms with Gasteiger partial charge in [-0.2, -0.15) is 0 Å². The number of aromatic nitrogens is 1. The maximum Gasteiger partial charge on any atom is 0.346 e. The molecule has 0 unspecified atom stereocenters. The van der Waals surface area contributed by atoms with Gasteiger partial charge in [-0.15, -0.1) is 11.3 Å². The van der Waals surface area contributed by atoms with Gasteiger partial charge in [0.1, 0.15) is 10.6 Å². The Hall–Kier alpha value is -2.92. The molecule has 4 nitrogen and oxygen atoms in total. The lowest BCUT2D eigenvalue weighted by atomic mass is 10.1. The first-order valence-electron chi connectivity index (χ1n) is 9.03. The number of hydrogen-bond donors (Lipinski definition) is 0. The second-order valence-electron chi connectivity index (χ2n) is 6.25. The van der Waals surface area contributed by atoms with E-state index in [1.807, 2.05) is 53.9 Å². The standard InChI is InChI=1S/C22H20N2O2S/c1-3-24(4-2)17-11-10-16-12-18(22(25)26-20(16)13-17)21-23-19(14-27-21)15-8-6-5-7-9-15/h5-14H,3-4H2,1-2H3. The fraction of sp³-hybridized carbons (Fsp3) is 0.182. The fourth-order valence-corrected chi connectivity index (χ4v) is 4.01. The van der Waals surface area contributed by atoms with E-state index in [4.69, 9.17) is 4.42 Å². The van der Waals surface area contributed by atoms with E-state index in [1.165, 1.54) is 11.3 Å². The van der Waals surface area contributed by atoms with E-state index in [0.717, 1.165) is 35.4 Å². The van der Waals surface area contributed by atoms with Crippen molar-refractivity contribution in [3.05, 3.63) is 70.4 Å². The average Bonchev–Trinajstić information content (AvgIpc) is 3.19. The van der Waals surface area contributed by atoms with E-state index in [1.54, 1.807) is 0 Å². The maximum atomic E-state index is 12.6. The Kier molecular flexibility index (Phi) is 4.77. The Balaban J connectivity index is 1.75. The van der Waals surface area contributed by atoms with E-state index >= 15 is 0 Å². The highest BCUT2D eigenvalue weighted by molar-refractivity contribution is 7.13. The summed E-state index contributed by atoms with van der Waals surface area (Å²) >= 11 is 1.46. The molecule has 0 amide bonds. The largest absolute Gasteiger partial charge is 0.422 e. The molecule has 0 bridgehead atoms. The molecule has 0 saturated carbocycles. The third-order valence-electron chi connectivity index (χ3n) is 4.65. The van der Waals surface area contributed by atoms with Gasteiger partial charge in [-0.3, -0.25) is 0 Å². The van der Waals surface area contributed by atoms with Crippen molar-refractivity contribution in [3.63, 3.8) is 0 Å². The molecule has 0 saturated heterocycles. The summed E-state index contributed by atoms with van der Waals surface area (Å²) in [5, 5.41) is 3.55. The van der Waals surface area contributed by atoms with Gasteiger partial charge >= 0.3 is 5.63 Å². The molecule has 27 heavy (non-hydrogen) atoms. The molecule has 2 aromatic carbocycles. The minimum atomic E-state index is -0.354. The zero-order valence-electron chi connectivity index (χ0n) is 15.3. The normalized spacial score (nSPS) is 11.0. The summed E-state index contributed by atoms with van der Waals surface area (Å²) < 4.78 is 5.63. The third kappa shape index (κ3) is 3.38. The average molecular weight is 376 g/mol. The highest BCUT2D eigenvalue weighted by atomic mass is 32.1. The van der Waals surface area contributed by atoms with Crippen LogP contribution in [0.3, 0.4) is 0 Å². The molecular formula is C22H20N2O2S. The summed E-state index contributed by atoms with van der Waals surface area (Å²) in [5.41, 5.74) is 3.72. The summed E-state index contributed by atoms with van der Waals surface area (Å²) in [6.45, 7) is 6.04. The number of nitrogens with zero attached hydrogens (tertiary/aromatic N) is 2. The van der Waals surface area contributed by atoms with Gasteiger partial charge in [0.2, 0.25) is 0 Å². The number of thiazole rings is 1. The van der Waals surface area contributed by atoms with Gasteiger partial charge in [0.05, 0.1) is 11.3 Å². The van der Waals surface area contributed by atoms with Crippen LogP contribution in [0, 0.1) is 0 Å². The van der Waals surface area contributed by atoms with Gasteiger partial charge in [-0.1, -0.05) is 30.3 Å². The summed E-state index contributed by atoms with van der Waals surface area (Å²) in [4.78, 5) is 19.4. The second kappa shape index (κ2) is 7.37. The number of rotatable bonds is 5. The molecule has 0 N–H and O–H groups in total. The number of hydrogen-bond acceptors (Lipinski definition) is 5. The van der Waals surface area contributed by atoms with E-state index in [9.17, 15) is 4.79 Å². The van der Waals surface area contributed by atoms with Crippen molar-refractivity contribution in [2.24, 2.45) is 0 Å². The Labute approximate surface area is 161 Å². The van der Waals surface area contributed by atoms with Gasteiger partial charge in [0, 0.05) is 41.2 Å². The second-order valence-corrected chi connectivity index (χ2v) is 7.10. The Morgan fingerprint density at radius 3 is 2.56 bits per heavy atom.